The summed E-state index contributed by atoms with van der Waals surface area (Å²) in [7, 11) is 3.21. The van der Waals surface area contributed by atoms with Gasteiger partial charge in [-0.25, -0.2) is 0 Å². The van der Waals surface area contributed by atoms with E-state index in [1.54, 1.807) is 19.2 Å². The third kappa shape index (κ3) is 3.66. The molecule has 1 amide bonds. The van der Waals surface area contributed by atoms with E-state index in [-0.39, 0.29) is 24.1 Å². The summed E-state index contributed by atoms with van der Waals surface area (Å²) in [6.07, 6.45) is 1.59. The average molecular weight is 383 g/mol. The summed E-state index contributed by atoms with van der Waals surface area (Å²) in [4.78, 5) is 15.8. The van der Waals surface area contributed by atoms with Crippen molar-refractivity contribution >= 4 is 17.2 Å². The lowest BCUT2D eigenvalue weighted by Crippen LogP contribution is -2.40. The Kier molecular flexibility index (Phi) is 5.43. The molecular formula is C18H23F2N3O2S. The molecule has 2 aromatic heterocycles. The SMILES string of the molecule is CCC(F)(F)c1cc(-c2ccc(C(=O)N3CCC(OC)CC3)s2)nn1C. The molecule has 3 rings (SSSR count). The number of likely N-dealkylation sites (tertiary alicyclic amines) is 1. The van der Waals surface area contributed by atoms with Crippen LogP contribution in [0.25, 0.3) is 10.6 Å². The number of rotatable bonds is 5. The molecule has 3 heterocycles. The second-order valence-electron chi connectivity index (χ2n) is 6.49. The number of hydrogen-bond acceptors (Lipinski definition) is 4. The van der Waals surface area contributed by atoms with Gasteiger partial charge < -0.3 is 9.64 Å². The summed E-state index contributed by atoms with van der Waals surface area (Å²) >= 11 is 1.29. The van der Waals surface area contributed by atoms with Gasteiger partial charge in [-0.2, -0.15) is 13.9 Å². The van der Waals surface area contributed by atoms with Crippen LogP contribution in [0.1, 0.15) is 41.6 Å². The van der Waals surface area contributed by atoms with E-state index < -0.39 is 5.92 Å². The van der Waals surface area contributed by atoms with Crippen LogP contribution in [0.15, 0.2) is 18.2 Å². The quantitative estimate of drug-likeness (QED) is 0.787. The third-order valence-electron chi connectivity index (χ3n) is 4.83. The van der Waals surface area contributed by atoms with Crippen LogP contribution in [0.3, 0.4) is 0 Å². The van der Waals surface area contributed by atoms with Gasteiger partial charge in [0.05, 0.1) is 15.9 Å². The first-order chi connectivity index (χ1) is 12.4. The number of carbonyl (C=O) groups excluding carboxylic acids is 1. The van der Waals surface area contributed by atoms with Gasteiger partial charge in [0, 0.05) is 33.7 Å². The summed E-state index contributed by atoms with van der Waals surface area (Å²) in [6.45, 7) is 2.78. The Hall–Kier alpha value is -1.80. The summed E-state index contributed by atoms with van der Waals surface area (Å²) < 4.78 is 34.5. The Morgan fingerprint density at radius 2 is 2.08 bits per heavy atom. The predicted molar refractivity (Wildman–Crippen MR) is 96.6 cm³/mol. The molecule has 1 saturated heterocycles. The Balaban J connectivity index is 1.76. The van der Waals surface area contributed by atoms with Crippen LogP contribution in [0.2, 0.25) is 0 Å². The fourth-order valence-corrected chi connectivity index (χ4v) is 4.08. The van der Waals surface area contributed by atoms with Gasteiger partial charge in [-0.3, -0.25) is 9.48 Å². The van der Waals surface area contributed by atoms with Crippen LogP contribution in [-0.2, 0) is 17.7 Å². The number of halogens is 2. The number of hydrogen-bond donors (Lipinski definition) is 0. The van der Waals surface area contributed by atoms with Gasteiger partial charge in [0.1, 0.15) is 11.4 Å². The van der Waals surface area contributed by atoms with Crippen LogP contribution in [-0.4, -0.2) is 46.9 Å². The maximum atomic E-state index is 14.0. The molecule has 26 heavy (non-hydrogen) atoms. The molecule has 0 N–H and O–H groups in total. The van der Waals surface area contributed by atoms with E-state index in [0.29, 0.717) is 28.5 Å². The number of aryl methyl sites for hydroxylation is 1. The highest BCUT2D eigenvalue weighted by atomic mass is 32.1. The molecule has 1 aliphatic rings. The topological polar surface area (TPSA) is 47.4 Å². The lowest BCUT2D eigenvalue weighted by atomic mass is 10.1. The minimum Gasteiger partial charge on any atom is -0.381 e. The second kappa shape index (κ2) is 7.44. The van der Waals surface area contributed by atoms with Crippen LogP contribution in [0.4, 0.5) is 8.78 Å². The standard InChI is InChI=1S/C18H23F2N3O2S/c1-4-18(19,20)16-11-13(21-22(16)2)14-5-6-15(26-14)17(24)23-9-7-12(25-3)8-10-23/h5-6,11-12H,4,7-10H2,1-3H3. The molecule has 1 fully saturated rings. The summed E-state index contributed by atoms with van der Waals surface area (Å²) in [5.74, 6) is -2.94. The average Bonchev–Trinajstić information content (AvgIpc) is 3.28. The first-order valence-electron chi connectivity index (χ1n) is 8.70. The van der Waals surface area contributed by atoms with Gasteiger partial charge in [-0.05, 0) is 31.0 Å². The van der Waals surface area contributed by atoms with Crippen molar-refractivity contribution in [2.75, 3.05) is 20.2 Å². The van der Waals surface area contributed by atoms with Gasteiger partial charge in [0.25, 0.3) is 11.8 Å². The van der Waals surface area contributed by atoms with Gasteiger partial charge in [-0.1, -0.05) is 6.92 Å². The van der Waals surface area contributed by atoms with Crippen LogP contribution >= 0.6 is 11.3 Å². The van der Waals surface area contributed by atoms with Crippen molar-refractivity contribution in [3.8, 4) is 10.6 Å². The molecule has 0 unspecified atom stereocenters. The highest BCUT2D eigenvalue weighted by molar-refractivity contribution is 7.17. The van der Waals surface area contributed by atoms with Crippen molar-refractivity contribution in [2.45, 2.75) is 38.2 Å². The number of aromatic nitrogens is 2. The van der Waals surface area contributed by atoms with Crippen LogP contribution in [0.5, 0.6) is 0 Å². The first-order valence-corrected chi connectivity index (χ1v) is 9.52. The summed E-state index contributed by atoms with van der Waals surface area (Å²) in [5, 5.41) is 4.21. The van der Waals surface area contributed by atoms with Gasteiger partial charge >= 0.3 is 0 Å². The Bertz CT molecular complexity index is 779. The molecule has 8 heteroatoms. The van der Waals surface area contributed by atoms with Crippen LogP contribution in [0, 0.1) is 0 Å². The number of carbonyl (C=O) groups is 1. The molecule has 0 radical (unpaired) electrons. The highest BCUT2D eigenvalue weighted by Crippen LogP contribution is 2.35. The maximum Gasteiger partial charge on any atom is 0.289 e. The molecule has 0 saturated carbocycles. The van der Waals surface area contributed by atoms with E-state index >= 15 is 0 Å². The van der Waals surface area contributed by atoms with Gasteiger partial charge in [-0.15, -0.1) is 11.3 Å². The monoisotopic (exact) mass is 383 g/mol. The number of ether oxygens (including phenoxy) is 1. The van der Waals surface area contributed by atoms with E-state index in [0.717, 1.165) is 12.8 Å². The lowest BCUT2D eigenvalue weighted by Gasteiger charge is -2.30. The second-order valence-corrected chi connectivity index (χ2v) is 7.57. The molecule has 0 bridgehead atoms. The van der Waals surface area contributed by atoms with E-state index in [4.69, 9.17) is 4.74 Å². The minimum absolute atomic E-state index is 0.0224. The Morgan fingerprint density at radius 1 is 1.38 bits per heavy atom. The lowest BCUT2D eigenvalue weighted by molar-refractivity contribution is -0.0164. The Labute approximate surface area is 155 Å². The largest absolute Gasteiger partial charge is 0.381 e. The highest BCUT2D eigenvalue weighted by Gasteiger charge is 2.33. The molecule has 5 nitrogen and oxygen atoms in total. The summed E-state index contributed by atoms with van der Waals surface area (Å²) in [5.41, 5.74) is 0.357. The van der Waals surface area contributed by atoms with E-state index in [1.165, 1.54) is 36.1 Å². The fourth-order valence-electron chi connectivity index (χ4n) is 3.15. The predicted octanol–water partition coefficient (Wildman–Crippen LogP) is 3.90. The number of thiophene rings is 1. The minimum atomic E-state index is -2.92. The molecule has 1 aliphatic heterocycles. The van der Waals surface area contributed by atoms with Crippen LogP contribution < -0.4 is 0 Å². The summed E-state index contributed by atoms with van der Waals surface area (Å²) in [6, 6.07) is 4.93. The van der Waals surface area contributed by atoms with Crippen molar-refractivity contribution in [3.63, 3.8) is 0 Å². The first kappa shape index (κ1) is 19.0. The number of methoxy groups -OCH3 is 1. The maximum absolute atomic E-state index is 14.0. The number of piperidine rings is 1. The van der Waals surface area contributed by atoms with Crippen molar-refractivity contribution in [2.24, 2.45) is 7.05 Å². The molecule has 0 aromatic carbocycles. The van der Waals surface area contributed by atoms with Crippen molar-refractivity contribution in [3.05, 3.63) is 28.8 Å². The molecular weight excluding hydrogens is 360 g/mol. The molecule has 0 aliphatic carbocycles. The number of nitrogens with zero attached hydrogens (tertiary/aromatic N) is 3. The zero-order valence-corrected chi connectivity index (χ0v) is 16.0. The third-order valence-corrected chi connectivity index (χ3v) is 5.93. The Morgan fingerprint density at radius 3 is 2.69 bits per heavy atom. The van der Waals surface area contributed by atoms with E-state index in [9.17, 15) is 13.6 Å². The smallest absolute Gasteiger partial charge is 0.289 e. The fraction of sp³-hybridized carbons (Fsp3) is 0.556. The van der Waals surface area contributed by atoms with E-state index in [1.807, 2.05) is 4.90 Å². The number of amides is 1. The van der Waals surface area contributed by atoms with Crippen molar-refractivity contribution < 1.29 is 18.3 Å². The van der Waals surface area contributed by atoms with Crippen molar-refractivity contribution in [1.29, 1.82) is 0 Å². The van der Waals surface area contributed by atoms with Gasteiger partial charge in [0.15, 0.2) is 0 Å². The molecule has 142 valence electrons. The molecule has 2 aromatic rings. The van der Waals surface area contributed by atoms with E-state index in [2.05, 4.69) is 5.10 Å². The zero-order chi connectivity index (χ0) is 18.9. The number of alkyl halides is 2. The molecule has 0 spiro atoms. The normalized spacial score (nSPS) is 16.3. The van der Waals surface area contributed by atoms with Crippen molar-refractivity contribution in [1.82, 2.24) is 14.7 Å². The zero-order valence-electron chi connectivity index (χ0n) is 15.2. The molecule has 0 atom stereocenters. The van der Waals surface area contributed by atoms with Gasteiger partial charge in [0.2, 0.25) is 0 Å².